The van der Waals surface area contributed by atoms with E-state index in [0.29, 0.717) is 25.8 Å². The van der Waals surface area contributed by atoms with Crippen molar-refractivity contribution in [2.45, 2.75) is 50.9 Å². The van der Waals surface area contributed by atoms with Gasteiger partial charge in [0.1, 0.15) is 37.4 Å². The normalized spacial score (nSPS) is 16.2. The molecule has 0 radical (unpaired) electrons. The van der Waals surface area contributed by atoms with Gasteiger partial charge in [0.15, 0.2) is 0 Å². The Kier molecular flexibility index (Phi) is 7.35. The van der Waals surface area contributed by atoms with Gasteiger partial charge in [-0.3, -0.25) is 0 Å². The summed E-state index contributed by atoms with van der Waals surface area (Å²) in [6, 6.07) is 18.4. The van der Waals surface area contributed by atoms with Crippen LogP contribution < -0.4 is 14.8 Å². The van der Waals surface area contributed by atoms with Crippen molar-refractivity contribution >= 4 is 0 Å². The number of hydrogen-bond acceptors (Lipinski definition) is 3. The Labute approximate surface area is 156 Å². The molecule has 140 valence electrons. The van der Waals surface area contributed by atoms with Crippen LogP contribution in [-0.2, 0) is 6.61 Å². The average molecular weight is 356 g/mol. The second kappa shape index (κ2) is 10.2. The number of ether oxygens (including phenoxy) is 2. The molecule has 0 aliphatic heterocycles. The molecular formula is C22H30NO3+. The zero-order valence-corrected chi connectivity index (χ0v) is 15.3. The Bertz CT molecular complexity index is 624. The van der Waals surface area contributed by atoms with E-state index >= 15 is 0 Å². The fourth-order valence-corrected chi connectivity index (χ4v) is 3.35. The SMILES string of the molecule is O[C@@H](C[NH2+]C1CCCCC1)COc1ccc(OCc2ccccc2)cc1. The summed E-state index contributed by atoms with van der Waals surface area (Å²) in [7, 11) is 0. The Morgan fingerprint density at radius 1 is 0.885 bits per heavy atom. The van der Waals surface area contributed by atoms with Crippen LogP contribution in [0.3, 0.4) is 0 Å². The topological polar surface area (TPSA) is 55.3 Å². The monoisotopic (exact) mass is 356 g/mol. The number of aliphatic hydroxyl groups is 1. The van der Waals surface area contributed by atoms with Gasteiger partial charge in [-0.15, -0.1) is 0 Å². The number of rotatable bonds is 9. The van der Waals surface area contributed by atoms with Gasteiger partial charge in [0, 0.05) is 0 Å². The molecule has 3 rings (SSSR count). The highest BCUT2D eigenvalue weighted by molar-refractivity contribution is 5.31. The van der Waals surface area contributed by atoms with Gasteiger partial charge in [0.2, 0.25) is 0 Å². The molecule has 0 bridgehead atoms. The summed E-state index contributed by atoms with van der Waals surface area (Å²) in [6.07, 6.45) is 6.13. The van der Waals surface area contributed by atoms with E-state index in [1.54, 1.807) is 0 Å². The lowest BCUT2D eigenvalue weighted by molar-refractivity contribution is -0.697. The van der Waals surface area contributed by atoms with E-state index in [4.69, 9.17) is 9.47 Å². The number of hydrogen-bond donors (Lipinski definition) is 2. The van der Waals surface area contributed by atoms with Gasteiger partial charge < -0.3 is 19.9 Å². The zero-order valence-electron chi connectivity index (χ0n) is 15.3. The molecule has 1 saturated carbocycles. The fourth-order valence-electron chi connectivity index (χ4n) is 3.35. The predicted molar refractivity (Wildman–Crippen MR) is 102 cm³/mol. The molecule has 1 aliphatic rings. The minimum Gasteiger partial charge on any atom is -0.491 e. The number of quaternary nitrogens is 1. The lowest BCUT2D eigenvalue weighted by Gasteiger charge is -2.21. The van der Waals surface area contributed by atoms with Crippen LogP contribution in [0.4, 0.5) is 0 Å². The summed E-state index contributed by atoms with van der Waals surface area (Å²) >= 11 is 0. The van der Waals surface area contributed by atoms with Crippen LogP contribution in [0.2, 0.25) is 0 Å². The highest BCUT2D eigenvalue weighted by atomic mass is 16.5. The highest BCUT2D eigenvalue weighted by Crippen LogP contribution is 2.19. The van der Waals surface area contributed by atoms with E-state index in [-0.39, 0.29) is 0 Å². The van der Waals surface area contributed by atoms with Crippen molar-refractivity contribution in [1.29, 1.82) is 0 Å². The van der Waals surface area contributed by atoms with Crippen LogP contribution >= 0.6 is 0 Å². The lowest BCUT2D eigenvalue weighted by Crippen LogP contribution is -2.92. The number of benzene rings is 2. The van der Waals surface area contributed by atoms with E-state index in [1.807, 2.05) is 54.6 Å². The Balaban J connectivity index is 1.35. The van der Waals surface area contributed by atoms with Gasteiger partial charge >= 0.3 is 0 Å². The molecule has 1 aliphatic carbocycles. The van der Waals surface area contributed by atoms with E-state index < -0.39 is 6.10 Å². The van der Waals surface area contributed by atoms with Crippen molar-refractivity contribution in [2.75, 3.05) is 13.2 Å². The molecule has 3 N–H and O–H groups in total. The summed E-state index contributed by atoms with van der Waals surface area (Å²) in [4.78, 5) is 0. The molecule has 2 aromatic rings. The molecular weight excluding hydrogens is 326 g/mol. The van der Waals surface area contributed by atoms with E-state index in [9.17, 15) is 5.11 Å². The van der Waals surface area contributed by atoms with Crippen molar-refractivity contribution in [1.82, 2.24) is 0 Å². The van der Waals surface area contributed by atoms with Crippen molar-refractivity contribution in [3.8, 4) is 11.5 Å². The third-order valence-corrected chi connectivity index (χ3v) is 4.91. The van der Waals surface area contributed by atoms with E-state index in [0.717, 1.165) is 17.1 Å². The predicted octanol–water partition coefficient (Wildman–Crippen LogP) is 2.90. The fraction of sp³-hybridized carbons (Fsp3) is 0.455. The summed E-state index contributed by atoms with van der Waals surface area (Å²) in [5, 5.41) is 12.4. The summed E-state index contributed by atoms with van der Waals surface area (Å²) in [5.41, 5.74) is 1.14. The van der Waals surface area contributed by atoms with Crippen LogP contribution in [0, 0.1) is 0 Å². The Morgan fingerprint density at radius 2 is 1.54 bits per heavy atom. The van der Waals surface area contributed by atoms with E-state index in [2.05, 4.69) is 5.32 Å². The minimum atomic E-state index is -0.439. The molecule has 1 fully saturated rings. The second-order valence-corrected chi connectivity index (χ2v) is 7.08. The maximum absolute atomic E-state index is 10.1. The van der Waals surface area contributed by atoms with Crippen molar-refractivity contribution < 1.29 is 19.9 Å². The molecule has 4 nitrogen and oxygen atoms in total. The molecule has 0 saturated heterocycles. The third kappa shape index (κ3) is 6.36. The third-order valence-electron chi connectivity index (χ3n) is 4.91. The quantitative estimate of drug-likeness (QED) is 0.726. The summed E-state index contributed by atoms with van der Waals surface area (Å²) < 4.78 is 11.5. The minimum absolute atomic E-state index is 0.327. The van der Waals surface area contributed by atoms with Crippen molar-refractivity contribution in [3.63, 3.8) is 0 Å². The van der Waals surface area contributed by atoms with Gasteiger partial charge in [-0.25, -0.2) is 0 Å². The van der Waals surface area contributed by atoms with Crippen LogP contribution in [0.25, 0.3) is 0 Å². The summed E-state index contributed by atoms with van der Waals surface area (Å²) in [5.74, 6) is 1.57. The summed E-state index contributed by atoms with van der Waals surface area (Å²) in [6.45, 7) is 1.59. The lowest BCUT2D eigenvalue weighted by atomic mass is 9.95. The first-order valence-corrected chi connectivity index (χ1v) is 9.70. The smallest absolute Gasteiger partial charge is 0.137 e. The molecule has 2 aromatic carbocycles. The molecule has 0 spiro atoms. The maximum Gasteiger partial charge on any atom is 0.137 e. The highest BCUT2D eigenvalue weighted by Gasteiger charge is 2.17. The standard InChI is InChI=1S/C22H29NO3/c24-20(15-23-19-9-5-2-6-10-19)17-26-22-13-11-21(12-14-22)25-16-18-7-3-1-4-8-18/h1,3-4,7-8,11-14,19-20,23-24H,2,5-6,9-10,15-17H2/p+1/t20-/m0/s1. The second-order valence-electron chi connectivity index (χ2n) is 7.08. The molecule has 26 heavy (non-hydrogen) atoms. The van der Waals surface area contributed by atoms with Crippen LogP contribution in [0.5, 0.6) is 11.5 Å². The van der Waals surface area contributed by atoms with E-state index in [1.165, 1.54) is 32.1 Å². The van der Waals surface area contributed by atoms with Crippen LogP contribution in [0.15, 0.2) is 54.6 Å². The largest absolute Gasteiger partial charge is 0.491 e. The molecule has 0 amide bonds. The first-order valence-electron chi connectivity index (χ1n) is 9.70. The number of nitrogens with two attached hydrogens (primary N) is 1. The van der Waals surface area contributed by atoms with Gasteiger partial charge in [0.25, 0.3) is 0 Å². The molecule has 4 heteroatoms. The van der Waals surface area contributed by atoms with Gasteiger partial charge in [0.05, 0.1) is 6.04 Å². The average Bonchev–Trinajstić information content (AvgIpc) is 2.71. The maximum atomic E-state index is 10.1. The zero-order chi connectivity index (χ0) is 18.0. The number of aliphatic hydroxyl groups excluding tert-OH is 1. The molecule has 1 atom stereocenters. The van der Waals surface area contributed by atoms with Crippen molar-refractivity contribution in [3.05, 3.63) is 60.2 Å². The Morgan fingerprint density at radius 3 is 2.23 bits per heavy atom. The first-order chi connectivity index (χ1) is 12.8. The van der Waals surface area contributed by atoms with Gasteiger partial charge in [-0.1, -0.05) is 36.8 Å². The van der Waals surface area contributed by atoms with Crippen LogP contribution in [0.1, 0.15) is 37.7 Å². The molecule has 0 heterocycles. The Hall–Kier alpha value is -2.04. The van der Waals surface area contributed by atoms with Gasteiger partial charge in [-0.2, -0.15) is 0 Å². The van der Waals surface area contributed by atoms with Gasteiger partial charge in [-0.05, 0) is 55.5 Å². The van der Waals surface area contributed by atoms with Crippen molar-refractivity contribution in [2.24, 2.45) is 0 Å². The first kappa shape index (κ1) is 18.7. The molecule has 0 unspecified atom stereocenters. The molecule has 0 aromatic heterocycles. The van der Waals surface area contributed by atoms with Crippen LogP contribution in [-0.4, -0.2) is 30.4 Å².